The first-order valence-electron chi connectivity index (χ1n) is 5.65. The van der Waals surface area contributed by atoms with Crippen LogP contribution in [0.5, 0.6) is 5.75 Å². The molecular weight excluding hydrogens is 490 g/mol. The molecule has 8 heteroatoms. The summed E-state index contributed by atoms with van der Waals surface area (Å²) in [5.41, 5.74) is 0.407. The van der Waals surface area contributed by atoms with Crippen LogP contribution in [0.25, 0.3) is 0 Å². The molecule has 2 aromatic carbocycles. The largest absolute Gasteiger partial charge is 0.497 e. The van der Waals surface area contributed by atoms with Gasteiger partial charge in [0.1, 0.15) is 10.6 Å². The van der Waals surface area contributed by atoms with Crippen molar-refractivity contribution in [3.8, 4) is 5.75 Å². The Morgan fingerprint density at radius 1 is 1.00 bits per heavy atom. The van der Waals surface area contributed by atoms with Crippen molar-refractivity contribution < 1.29 is 13.2 Å². The van der Waals surface area contributed by atoms with E-state index in [-0.39, 0.29) is 4.90 Å². The molecule has 0 heterocycles. The maximum absolute atomic E-state index is 12.5. The molecule has 2 aromatic rings. The number of sulfonamides is 1. The third kappa shape index (κ3) is 4.00. The zero-order valence-electron chi connectivity index (χ0n) is 10.7. The van der Waals surface area contributed by atoms with Crippen molar-refractivity contribution in [1.29, 1.82) is 0 Å². The molecule has 0 atom stereocenters. The maximum atomic E-state index is 12.5. The summed E-state index contributed by atoms with van der Waals surface area (Å²) in [4.78, 5) is 0.153. The number of hydrogen-bond acceptors (Lipinski definition) is 3. The maximum Gasteiger partial charge on any atom is 0.263 e. The molecule has 0 radical (unpaired) electrons. The minimum Gasteiger partial charge on any atom is -0.497 e. The molecule has 0 bridgehead atoms. The molecule has 0 amide bonds. The molecule has 2 rings (SSSR count). The lowest BCUT2D eigenvalue weighted by molar-refractivity contribution is 0.415. The second kappa shape index (κ2) is 6.68. The van der Waals surface area contributed by atoms with E-state index in [1.807, 2.05) is 0 Å². The molecule has 0 spiro atoms. The molecule has 0 saturated heterocycles. The van der Waals surface area contributed by atoms with Crippen LogP contribution in [0.3, 0.4) is 0 Å². The van der Waals surface area contributed by atoms with Crippen molar-refractivity contribution in [2.75, 3.05) is 11.8 Å². The third-order valence-electron chi connectivity index (χ3n) is 2.60. The Hall–Kier alpha value is -0.570. The fraction of sp³-hybridized carbons (Fsp3) is 0.0769. The molecule has 0 aliphatic heterocycles. The second-order valence-corrected chi connectivity index (χ2v) is 8.30. The lowest BCUT2D eigenvalue weighted by Crippen LogP contribution is -2.14. The minimum absolute atomic E-state index is 0.153. The van der Waals surface area contributed by atoms with Crippen molar-refractivity contribution in [2.45, 2.75) is 4.90 Å². The lowest BCUT2D eigenvalue weighted by Gasteiger charge is -2.12. The van der Waals surface area contributed by atoms with E-state index in [9.17, 15) is 8.42 Å². The monoisotopic (exact) mass is 497 g/mol. The lowest BCUT2D eigenvalue weighted by atomic mass is 10.3. The fourth-order valence-electron chi connectivity index (χ4n) is 1.60. The molecule has 4 nitrogen and oxygen atoms in total. The van der Waals surface area contributed by atoms with Crippen LogP contribution in [0.4, 0.5) is 5.69 Å². The van der Waals surface area contributed by atoms with Crippen LogP contribution in [0.2, 0.25) is 0 Å². The Labute approximate surface area is 148 Å². The van der Waals surface area contributed by atoms with E-state index in [1.54, 1.807) is 30.3 Å². The van der Waals surface area contributed by atoms with Crippen molar-refractivity contribution in [2.24, 2.45) is 0 Å². The summed E-state index contributed by atoms with van der Waals surface area (Å²) in [5, 5.41) is 0. The molecule has 0 aliphatic rings. The van der Waals surface area contributed by atoms with Crippen LogP contribution < -0.4 is 9.46 Å². The number of benzene rings is 2. The number of rotatable bonds is 4. The van der Waals surface area contributed by atoms with Crippen LogP contribution in [0.1, 0.15) is 0 Å². The Morgan fingerprint density at radius 2 is 1.71 bits per heavy atom. The smallest absolute Gasteiger partial charge is 0.263 e. The summed E-state index contributed by atoms with van der Waals surface area (Å²) >= 11 is 9.86. The van der Waals surface area contributed by atoms with Gasteiger partial charge in [-0.2, -0.15) is 0 Å². The van der Waals surface area contributed by atoms with E-state index in [0.29, 0.717) is 20.4 Å². The van der Waals surface area contributed by atoms with Gasteiger partial charge in [0.2, 0.25) is 0 Å². The molecule has 0 saturated carbocycles. The molecule has 0 fully saturated rings. The average molecular weight is 500 g/mol. The van der Waals surface area contributed by atoms with Gasteiger partial charge >= 0.3 is 0 Å². The highest BCUT2D eigenvalue weighted by atomic mass is 79.9. The zero-order chi connectivity index (χ0) is 15.6. The van der Waals surface area contributed by atoms with E-state index in [4.69, 9.17) is 4.74 Å². The van der Waals surface area contributed by atoms with E-state index in [0.717, 1.165) is 4.47 Å². The van der Waals surface area contributed by atoms with Crippen molar-refractivity contribution in [3.63, 3.8) is 0 Å². The Morgan fingerprint density at radius 3 is 2.33 bits per heavy atom. The van der Waals surface area contributed by atoms with Gasteiger partial charge < -0.3 is 4.74 Å². The van der Waals surface area contributed by atoms with Gasteiger partial charge in [-0.1, -0.05) is 15.9 Å². The van der Waals surface area contributed by atoms with Gasteiger partial charge in [0.15, 0.2) is 0 Å². The third-order valence-corrected chi connectivity index (χ3v) is 6.13. The van der Waals surface area contributed by atoms with Crippen LogP contribution in [-0.2, 0) is 10.0 Å². The highest BCUT2D eigenvalue weighted by Gasteiger charge is 2.19. The molecule has 0 aliphatic carbocycles. The number of halogens is 3. The van der Waals surface area contributed by atoms with E-state index < -0.39 is 10.0 Å². The summed E-state index contributed by atoms with van der Waals surface area (Å²) in [6.45, 7) is 0. The van der Waals surface area contributed by atoms with E-state index in [1.165, 1.54) is 13.2 Å². The van der Waals surface area contributed by atoms with Gasteiger partial charge in [0.25, 0.3) is 10.0 Å². The normalized spacial score (nSPS) is 11.2. The number of anilines is 1. The Bertz CT molecular complexity index is 778. The van der Waals surface area contributed by atoms with Gasteiger partial charge in [-0.05, 0) is 62.2 Å². The van der Waals surface area contributed by atoms with E-state index in [2.05, 4.69) is 52.5 Å². The summed E-state index contributed by atoms with van der Waals surface area (Å²) in [7, 11) is -2.19. The predicted octanol–water partition coefficient (Wildman–Crippen LogP) is 4.78. The molecule has 0 unspecified atom stereocenters. The number of ether oxygens (including phenoxy) is 1. The molecule has 21 heavy (non-hydrogen) atoms. The SMILES string of the molecule is COc1ccc(Br)c(NS(=O)(=O)c2ccc(Br)cc2Br)c1. The molecule has 0 aromatic heterocycles. The average Bonchev–Trinajstić information content (AvgIpc) is 2.40. The standard InChI is InChI=1S/C13H10Br3NO3S/c1-20-9-3-4-10(15)12(7-9)17-21(18,19)13-5-2-8(14)6-11(13)16/h2-7,17H,1H3. The first-order chi connectivity index (χ1) is 9.83. The van der Waals surface area contributed by atoms with Crippen LogP contribution in [0.15, 0.2) is 54.7 Å². The quantitative estimate of drug-likeness (QED) is 0.658. The van der Waals surface area contributed by atoms with Crippen molar-refractivity contribution in [3.05, 3.63) is 49.8 Å². The topological polar surface area (TPSA) is 55.4 Å². The first-order valence-corrected chi connectivity index (χ1v) is 9.51. The highest BCUT2D eigenvalue weighted by molar-refractivity contribution is 9.11. The van der Waals surface area contributed by atoms with Gasteiger partial charge in [0, 0.05) is 19.5 Å². The highest BCUT2D eigenvalue weighted by Crippen LogP contribution is 2.31. The predicted molar refractivity (Wildman–Crippen MR) is 93.3 cm³/mol. The van der Waals surface area contributed by atoms with Gasteiger partial charge in [-0.25, -0.2) is 8.42 Å². The minimum atomic E-state index is -3.71. The molecular formula is C13H10Br3NO3S. The zero-order valence-corrected chi connectivity index (χ0v) is 16.3. The Kier molecular flexibility index (Phi) is 5.34. The van der Waals surface area contributed by atoms with Gasteiger partial charge in [-0.3, -0.25) is 4.72 Å². The second-order valence-electron chi connectivity index (χ2n) is 4.03. The van der Waals surface area contributed by atoms with Crippen LogP contribution in [0, 0.1) is 0 Å². The fourth-order valence-corrected chi connectivity index (χ4v) is 4.90. The summed E-state index contributed by atoms with van der Waals surface area (Å²) in [5.74, 6) is 0.561. The summed E-state index contributed by atoms with van der Waals surface area (Å²) < 4.78 is 34.5. The number of methoxy groups -OCH3 is 1. The Balaban J connectivity index is 2.42. The van der Waals surface area contributed by atoms with Crippen LogP contribution in [-0.4, -0.2) is 15.5 Å². The van der Waals surface area contributed by atoms with Crippen molar-refractivity contribution in [1.82, 2.24) is 0 Å². The van der Waals surface area contributed by atoms with Gasteiger partial charge in [-0.15, -0.1) is 0 Å². The van der Waals surface area contributed by atoms with Crippen LogP contribution >= 0.6 is 47.8 Å². The molecule has 1 N–H and O–H groups in total. The molecule has 112 valence electrons. The summed E-state index contributed by atoms with van der Waals surface area (Å²) in [6, 6.07) is 9.92. The number of hydrogen-bond donors (Lipinski definition) is 1. The van der Waals surface area contributed by atoms with E-state index >= 15 is 0 Å². The van der Waals surface area contributed by atoms with Gasteiger partial charge in [0.05, 0.1) is 12.8 Å². The number of nitrogens with one attached hydrogen (secondary N) is 1. The first kappa shape index (κ1) is 16.8. The van der Waals surface area contributed by atoms with Crippen molar-refractivity contribution >= 4 is 63.5 Å². The summed E-state index contributed by atoms with van der Waals surface area (Å²) in [6.07, 6.45) is 0.